The summed E-state index contributed by atoms with van der Waals surface area (Å²) in [4.78, 5) is 10.3. The van der Waals surface area contributed by atoms with Crippen LogP contribution in [-0.4, -0.2) is 18.9 Å². The Morgan fingerprint density at radius 1 is 1.56 bits per heavy atom. The third kappa shape index (κ3) is 0.778. The highest BCUT2D eigenvalue weighted by Crippen LogP contribution is 2.51. The van der Waals surface area contributed by atoms with Crippen molar-refractivity contribution in [2.24, 2.45) is 5.41 Å². The summed E-state index contributed by atoms with van der Waals surface area (Å²) in [6.07, 6.45) is 4.80. The van der Waals surface area contributed by atoms with Gasteiger partial charge in [-0.25, -0.2) is 0 Å². The molecule has 0 aromatic heterocycles. The highest BCUT2D eigenvalue weighted by Gasteiger charge is 2.47. The first-order valence-corrected chi connectivity index (χ1v) is 3.53. The molecule has 2 rings (SSSR count). The maximum Gasteiger partial charge on any atom is 0.136 e. The minimum atomic E-state index is 0.174. The molecule has 2 aliphatic rings. The summed E-state index contributed by atoms with van der Waals surface area (Å²) in [5.41, 5.74) is 0.575. The minimum absolute atomic E-state index is 0.174. The predicted molar refractivity (Wildman–Crippen MR) is 34.1 cm³/mol. The summed E-state index contributed by atoms with van der Waals surface area (Å²) in [6.45, 7) is 1.08. The lowest BCUT2D eigenvalue weighted by Gasteiger charge is -1.98. The van der Waals surface area contributed by atoms with Crippen molar-refractivity contribution in [1.82, 2.24) is 5.32 Å². The fourth-order valence-electron chi connectivity index (χ4n) is 1.61. The highest BCUT2D eigenvalue weighted by molar-refractivity contribution is 5.58. The lowest BCUT2D eigenvalue weighted by atomic mass is 10.0. The molecule has 1 N–H and O–H groups in total. The Balaban J connectivity index is 2.00. The summed E-state index contributed by atoms with van der Waals surface area (Å²) in [6, 6.07) is 0.174. The summed E-state index contributed by atoms with van der Waals surface area (Å²) in [5.74, 6) is 0. The number of rotatable bonds is 1. The molecule has 50 valence electrons. The molecule has 2 fully saturated rings. The van der Waals surface area contributed by atoms with E-state index in [1.807, 2.05) is 0 Å². The maximum atomic E-state index is 10.3. The van der Waals surface area contributed by atoms with E-state index in [1.54, 1.807) is 0 Å². The van der Waals surface area contributed by atoms with E-state index in [9.17, 15) is 4.79 Å². The molecular formula is C7H11NO. The van der Waals surface area contributed by atoms with Crippen molar-refractivity contribution in [2.45, 2.75) is 25.3 Å². The third-order valence-electron chi connectivity index (χ3n) is 2.51. The summed E-state index contributed by atoms with van der Waals surface area (Å²) in [5, 5.41) is 3.19. The molecule has 2 heteroatoms. The smallest absolute Gasteiger partial charge is 0.136 e. The quantitative estimate of drug-likeness (QED) is 0.511. The summed E-state index contributed by atoms with van der Waals surface area (Å²) >= 11 is 0. The van der Waals surface area contributed by atoms with Crippen LogP contribution in [0.5, 0.6) is 0 Å². The second-order valence-corrected chi connectivity index (χ2v) is 3.33. The predicted octanol–water partition coefficient (Wildman–Crippen LogP) is 0.327. The maximum absolute atomic E-state index is 10.3. The summed E-state index contributed by atoms with van der Waals surface area (Å²) < 4.78 is 0. The number of nitrogens with one attached hydrogen (secondary N) is 1. The summed E-state index contributed by atoms with van der Waals surface area (Å²) in [7, 11) is 0. The Bertz CT molecular complexity index is 140. The molecule has 1 aliphatic carbocycles. The molecule has 0 bridgehead atoms. The Morgan fingerprint density at radius 3 is 2.67 bits per heavy atom. The van der Waals surface area contributed by atoms with Crippen LogP contribution in [0, 0.1) is 5.41 Å². The first-order valence-electron chi connectivity index (χ1n) is 3.53. The largest absolute Gasteiger partial charge is 0.307 e. The lowest BCUT2D eigenvalue weighted by Crippen LogP contribution is -2.22. The normalized spacial score (nSPS) is 37.1. The first-order chi connectivity index (χ1) is 4.35. The van der Waals surface area contributed by atoms with Crippen LogP contribution in [0.1, 0.15) is 19.3 Å². The average Bonchev–Trinajstić information content (AvgIpc) is 2.44. The fraction of sp³-hybridized carbons (Fsp3) is 0.857. The molecule has 1 heterocycles. The van der Waals surface area contributed by atoms with E-state index in [2.05, 4.69) is 5.32 Å². The second kappa shape index (κ2) is 1.57. The Labute approximate surface area is 54.6 Å². The van der Waals surface area contributed by atoms with Crippen molar-refractivity contribution in [3.8, 4) is 0 Å². The van der Waals surface area contributed by atoms with Gasteiger partial charge in [0, 0.05) is 6.54 Å². The van der Waals surface area contributed by atoms with Crippen molar-refractivity contribution < 1.29 is 4.79 Å². The number of aldehydes is 1. The molecule has 2 nitrogen and oxygen atoms in total. The third-order valence-corrected chi connectivity index (χ3v) is 2.51. The van der Waals surface area contributed by atoms with Crippen LogP contribution in [-0.2, 0) is 4.79 Å². The highest BCUT2D eigenvalue weighted by atomic mass is 16.1. The van der Waals surface area contributed by atoms with E-state index in [1.165, 1.54) is 12.8 Å². The fourth-order valence-corrected chi connectivity index (χ4v) is 1.61. The monoisotopic (exact) mass is 125 g/mol. The van der Waals surface area contributed by atoms with Crippen molar-refractivity contribution >= 4 is 6.29 Å². The zero-order valence-corrected chi connectivity index (χ0v) is 5.39. The molecule has 1 aliphatic heterocycles. The zero-order valence-electron chi connectivity index (χ0n) is 5.39. The molecule has 9 heavy (non-hydrogen) atoms. The van der Waals surface area contributed by atoms with Gasteiger partial charge in [0.05, 0.1) is 6.04 Å². The number of hydrogen-bond donors (Lipinski definition) is 1. The van der Waals surface area contributed by atoms with Crippen LogP contribution in [0.15, 0.2) is 0 Å². The van der Waals surface area contributed by atoms with Crippen molar-refractivity contribution in [2.75, 3.05) is 6.54 Å². The minimum Gasteiger partial charge on any atom is -0.307 e. The van der Waals surface area contributed by atoms with Crippen LogP contribution in [0.3, 0.4) is 0 Å². The van der Waals surface area contributed by atoms with Gasteiger partial charge in [0.1, 0.15) is 6.29 Å². The zero-order chi connectivity index (χ0) is 6.32. The SMILES string of the molecule is O=C[C@@H]1CC2(CC2)CN1. The van der Waals surface area contributed by atoms with E-state index < -0.39 is 0 Å². The van der Waals surface area contributed by atoms with Gasteiger partial charge in [-0.2, -0.15) is 0 Å². The average molecular weight is 125 g/mol. The van der Waals surface area contributed by atoms with Crippen molar-refractivity contribution in [3.05, 3.63) is 0 Å². The van der Waals surface area contributed by atoms with Crippen LogP contribution < -0.4 is 5.32 Å². The molecule has 0 aromatic rings. The van der Waals surface area contributed by atoms with Gasteiger partial charge in [0.15, 0.2) is 0 Å². The van der Waals surface area contributed by atoms with Crippen LogP contribution in [0.25, 0.3) is 0 Å². The second-order valence-electron chi connectivity index (χ2n) is 3.33. The van der Waals surface area contributed by atoms with Gasteiger partial charge in [-0.1, -0.05) is 0 Å². The van der Waals surface area contributed by atoms with E-state index in [0.29, 0.717) is 5.41 Å². The Hall–Kier alpha value is -0.370. The van der Waals surface area contributed by atoms with Gasteiger partial charge in [0.25, 0.3) is 0 Å². The van der Waals surface area contributed by atoms with Crippen LogP contribution in [0.4, 0.5) is 0 Å². The molecule has 0 radical (unpaired) electrons. The standard InChI is InChI=1S/C7H11NO/c9-4-6-3-7(1-2-7)5-8-6/h4,6,8H,1-3,5H2/t6-/m0/s1. The van der Waals surface area contributed by atoms with Crippen LogP contribution in [0.2, 0.25) is 0 Å². The topological polar surface area (TPSA) is 29.1 Å². The molecule has 1 saturated heterocycles. The Kier molecular flexibility index (Phi) is 0.943. The van der Waals surface area contributed by atoms with Crippen LogP contribution >= 0.6 is 0 Å². The molecule has 1 saturated carbocycles. The van der Waals surface area contributed by atoms with Gasteiger partial charge in [-0.3, -0.25) is 0 Å². The van der Waals surface area contributed by atoms with E-state index in [4.69, 9.17) is 0 Å². The van der Waals surface area contributed by atoms with Crippen molar-refractivity contribution in [3.63, 3.8) is 0 Å². The number of carbonyl (C=O) groups excluding carboxylic acids is 1. The molecule has 1 atom stereocenters. The van der Waals surface area contributed by atoms with E-state index >= 15 is 0 Å². The van der Waals surface area contributed by atoms with Gasteiger partial charge in [-0.15, -0.1) is 0 Å². The van der Waals surface area contributed by atoms with Crippen molar-refractivity contribution in [1.29, 1.82) is 0 Å². The van der Waals surface area contributed by atoms with E-state index in [-0.39, 0.29) is 6.04 Å². The lowest BCUT2D eigenvalue weighted by molar-refractivity contribution is -0.109. The number of hydrogen-bond acceptors (Lipinski definition) is 2. The molecule has 1 spiro atoms. The number of carbonyl (C=O) groups is 1. The molecule has 0 unspecified atom stereocenters. The first kappa shape index (κ1) is 5.42. The van der Waals surface area contributed by atoms with Gasteiger partial charge < -0.3 is 10.1 Å². The molecule has 0 amide bonds. The molecular weight excluding hydrogens is 114 g/mol. The molecule has 0 aromatic carbocycles. The van der Waals surface area contributed by atoms with Gasteiger partial charge >= 0.3 is 0 Å². The van der Waals surface area contributed by atoms with E-state index in [0.717, 1.165) is 19.3 Å². The van der Waals surface area contributed by atoms with Gasteiger partial charge in [-0.05, 0) is 24.7 Å². The van der Waals surface area contributed by atoms with Gasteiger partial charge in [0.2, 0.25) is 0 Å². The Morgan fingerprint density at radius 2 is 2.33 bits per heavy atom.